The van der Waals surface area contributed by atoms with Gasteiger partial charge in [-0.1, -0.05) is 6.07 Å². The number of halogens is 3. The summed E-state index contributed by atoms with van der Waals surface area (Å²) in [4.78, 5) is 6.20. The molecule has 2 heterocycles. The van der Waals surface area contributed by atoms with Crippen LogP contribution in [0.5, 0.6) is 0 Å². The first-order chi connectivity index (χ1) is 15.5. The zero-order valence-electron chi connectivity index (χ0n) is 18.7. The second kappa shape index (κ2) is 8.77. The molecule has 2 fully saturated rings. The number of methoxy groups -OCH3 is 1. The van der Waals surface area contributed by atoms with Gasteiger partial charge in [-0.25, -0.2) is 22.2 Å². The van der Waals surface area contributed by atoms with Crippen LogP contribution in [0.1, 0.15) is 30.7 Å². The Balaban J connectivity index is 1.72. The van der Waals surface area contributed by atoms with E-state index in [4.69, 9.17) is 4.74 Å². The average molecular weight is 485 g/mol. The summed E-state index contributed by atoms with van der Waals surface area (Å²) >= 11 is 0. The highest BCUT2D eigenvalue weighted by atomic mass is 32.2. The summed E-state index contributed by atoms with van der Waals surface area (Å²) in [5.74, 6) is -3.79. The first-order valence-electron chi connectivity index (χ1n) is 10.7. The first kappa shape index (κ1) is 23.8. The molecule has 1 aliphatic heterocycles. The van der Waals surface area contributed by atoms with E-state index in [9.17, 15) is 12.8 Å². The molecule has 1 aromatic heterocycles. The van der Waals surface area contributed by atoms with Crippen LogP contribution in [0.4, 0.5) is 24.7 Å². The summed E-state index contributed by atoms with van der Waals surface area (Å²) in [6.45, 7) is 1.59. The molecule has 1 saturated heterocycles. The van der Waals surface area contributed by atoms with Gasteiger partial charge in [0.1, 0.15) is 11.6 Å². The number of hydrogen-bond donors (Lipinski definition) is 1. The molecule has 1 atom stereocenters. The number of nitrogens with one attached hydrogen (secondary N) is 1. The molecule has 2 aliphatic rings. The molecule has 33 heavy (non-hydrogen) atoms. The summed E-state index contributed by atoms with van der Waals surface area (Å²) in [6.07, 6.45) is 2.05. The predicted molar refractivity (Wildman–Crippen MR) is 118 cm³/mol. The Bertz CT molecular complexity index is 1160. The Morgan fingerprint density at radius 1 is 1.27 bits per heavy atom. The number of anilines is 2. The van der Waals surface area contributed by atoms with E-state index in [2.05, 4.69) is 4.98 Å². The van der Waals surface area contributed by atoms with Crippen LogP contribution in [0.3, 0.4) is 0 Å². The highest BCUT2D eigenvalue weighted by Gasteiger charge is 2.43. The number of sulfonamides is 1. The minimum atomic E-state index is -4.68. The number of benzene rings is 1. The summed E-state index contributed by atoms with van der Waals surface area (Å²) in [5, 5.41) is 0. The number of nitrogens with zero attached hydrogens (tertiary/aromatic N) is 3. The highest BCUT2D eigenvalue weighted by molar-refractivity contribution is 7.92. The summed E-state index contributed by atoms with van der Waals surface area (Å²) in [7, 11) is 0.799. The van der Waals surface area contributed by atoms with Gasteiger partial charge in [0.25, 0.3) is 10.0 Å². The summed E-state index contributed by atoms with van der Waals surface area (Å²) in [5.41, 5.74) is 0.0563. The molecule has 7 nitrogen and oxygen atoms in total. The standard InChI is InChI=1S/C22H27F3N4O3S/c1-28(2)12-22(32-3)9-10-29(13-22)16-11-15(23)21(20(25)19(16)14-7-8-14)33(30,31)27-18-6-4-5-17(24)26-18/h4-6,11,14H,7-10,12-13H2,1-3H3,(H,26,27)/t22-/m1/s1. The predicted octanol–water partition coefficient (Wildman–Crippen LogP) is 3.33. The lowest BCUT2D eigenvalue weighted by atomic mass is 10.0. The van der Waals surface area contributed by atoms with Crippen LogP contribution in [0.25, 0.3) is 0 Å². The van der Waals surface area contributed by atoms with Crippen molar-refractivity contribution < 1.29 is 26.3 Å². The lowest BCUT2D eigenvalue weighted by Gasteiger charge is -2.32. The van der Waals surface area contributed by atoms with Gasteiger partial charge in [0, 0.05) is 38.0 Å². The number of ether oxygens (including phenoxy) is 1. The Labute approximate surface area is 191 Å². The Kier molecular flexibility index (Phi) is 6.32. The monoisotopic (exact) mass is 484 g/mol. The Hall–Kier alpha value is -2.37. The molecule has 0 spiro atoms. The number of likely N-dealkylation sites (N-methyl/N-ethyl adjacent to an activating group) is 1. The molecule has 1 aromatic carbocycles. The van der Waals surface area contributed by atoms with Gasteiger partial charge in [-0.3, -0.25) is 4.72 Å². The van der Waals surface area contributed by atoms with E-state index in [-0.39, 0.29) is 17.3 Å². The molecule has 1 saturated carbocycles. The van der Waals surface area contributed by atoms with Gasteiger partial charge in [-0.15, -0.1) is 0 Å². The average Bonchev–Trinajstić information content (AvgIpc) is 3.46. The van der Waals surface area contributed by atoms with Crippen LogP contribution in [-0.2, 0) is 14.8 Å². The van der Waals surface area contributed by atoms with Crippen molar-refractivity contribution >= 4 is 21.5 Å². The molecule has 0 radical (unpaired) electrons. The van der Waals surface area contributed by atoms with E-state index in [1.54, 1.807) is 7.11 Å². The fraction of sp³-hybridized carbons (Fsp3) is 0.500. The minimum Gasteiger partial charge on any atom is -0.375 e. The molecular weight excluding hydrogens is 457 g/mol. The second-order valence-corrected chi connectivity index (χ2v) is 10.6. The molecule has 1 N–H and O–H groups in total. The molecule has 0 unspecified atom stereocenters. The molecule has 1 aliphatic carbocycles. The van der Waals surface area contributed by atoms with Gasteiger partial charge in [-0.05, 0) is 57.5 Å². The normalized spacial score (nSPS) is 21.1. The van der Waals surface area contributed by atoms with Crippen molar-refractivity contribution in [1.29, 1.82) is 0 Å². The zero-order chi connectivity index (χ0) is 24.0. The van der Waals surface area contributed by atoms with E-state index in [1.807, 2.05) is 28.6 Å². The largest absolute Gasteiger partial charge is 0.375 e. The van der Waals surface area contributed by atoms with Crippen molar-refractivity contribution in [3.8, 4) is 0 Å². The number of aromatic nitrogens is 1. The molecule has 180 valence electrons. The summed E-state index contributed by atoms with van der Waals surface area (Å²) in [6, 6.07) is 4.57. The van der Waals surface area contributed by atoms with Gasteiger partial charge < -0.3 is 14.5 Å². The molecular formula is C22H27F3N4O3S. The molecule has 0 bridgehead atoms. The van der Waals surface area contributed by atoms with E-state index in [0.29, 0.717) is 44.6 Å². The van der Waals surface area contributed by atoms with E-state index < -0.39 is 38.1 Å². The maximum Gasteiger partial charge on any atom is 0.268 e. The molecule has 2 aromatic rings. The first-order valence-corrected chi connectivity index (χ1v) is 12.2. The van der Waals surface area contributed by atoms with E-state index in [1.165, 1.54) is 12.1 Å². The maximum atomic E-state index is 15.7. The summed E-state index contributed by atoms with van der Waals surface area (Å²) < 4.78 is 77.7. The van der Waals surface area contributed by atoms with Gasteiger partial charge in [0.15, 0.2) is 10.7 Å². The van der Waals surface area contributed by atoms with Crippen LogP contribution in [0.2, 0.25) is 0 Å². The topological polar surface area (TPSA) is 74.8 Å². The SMILES string of the molecule is CO[C@@]1(CN(C)C)CCN(c2cc(F)c(S(=O)(=O)Nc3cccc(F)n3)c(F)c2C2CC2)C1. The van der Waals surface area contributed by atoms with Gasteiger partial charge >= 0.3 is 0 Å². The second-order valence-electron chi connectivity index (χ2n) is 8.96. The quantitative estimate of drug-likeness (QED) is 0.580. The van der Waals surface area contributed by atoms with Gasteiger partial charge in [0.2, 0.25) is 5.95 Å². The molecule has 0 amide bonds. The Morgan fingerprint density at radius 2 is 2.00 bits per heavy atom. The van der Waals surface area contributed by atoms with Crippen molar-refractivity contribution in [2.45, 2.75) is 35.7 Å². The molecule has 4 rings (SSSR count). The third-order valence-corrected chi connectivity index (χ3v) is 7.48. The lowest BCUT2D eigenvalue weighted by Crippen LogP contribution is -2.44. The smallest absolute Gasteiger partial charge is 0.268 e. The van der Waals surface area contributed by atoms with Crippen LogP contribution in [0.15, 0.2) is 29.2 Å². The number of hydrogen-bond acceptors (Lipinski definition) is 6. The van der Waals surface area contributed by atoms with E-state index in [0.717, 1.165) is 12.1 Å². The Morgan fingerprint density at radius 3 is 2.61 bits per heavy atom. The van der Waals surface area contributed by atoms with Crippen LogP contribution < -0.4 is 9.62 Å². The maximum absolute atomic E-state index is 15.7. The van der Waals surface area contributed by atoms with Crippen molar-refractivity contribution in [1.82, 2.24) is 9.88 Å². The van der Waals surface area contributed by atoms with Crippen LogP contribution in [-0.4, -0.2) is 64.7 Å². The number of rotatable bonds is 8. The van der Waals surface area contributed by atoms with Crippen LogP contribution in [0, 0.1) is 17.6 Å². The third kappa shape index (κ3) is 4.80. The minimum absolute atomic E-state index is 0.187. The van der Waals surface area contributed by atoms with Gasteiger partial charge in [0.05, 0.1) is 5.60 Å². The zero-order valence-corrected chi connectivity index (χ0v) is 19.6. The number of pyridine rings is 1. The fourth-order valence-corrected chi connectivity index (χ4v) is 5.66. The van der Waals surface area contributed by atoms with E-state index >= 15 is 8.78 Å². The molecule has 11 heteroatoms. The van der Waals surface area contributed by atoms with Crippen molar-refractivity contribution in [2.75, 3.05) is 50.5 Å². The highest BCUT2D eigenvalue weighted by Crippen LogP contribution is 2.48. The fourth-order valence-electron chi connectivity index (χ4n) is 4.51. The van der Waals surface area contributed by atoms with Crippen molar-refractivity contribution in [3.63, 3.8) is 0 Å². The third-order valence-electron chi connectivity index (χ3n) is 6.09. The van der Waals surface area contributed by atoms with Crippen molar-refractivity contribution in [3.05, 3.63) is 47.4 Å². The van der Waals surface area contributed by atoms with Crippen LogP contribution >= 0.6 is 0 Å². The van der Waals surface area contributed by atoms with Gasteiger partial charge in [-0.2, -0.15) is 4.39 Å². The lowest BCUT2D eigenvalue weighted by molar-refractivity contribution is -0.0100. The van der Waals surface area contributed by atoms with Crippen molar-refractivity contribution in [2.24, 2.45) is 0 Å².